The van der Waals surface area contributed by atoms with Crippen molar-refractivity contribution in [3.05, 3.63) is 42.9 Å². The topological polar surface area (TPSA) is 105 Å². The first-order valence-corrected chi connectivity index (χ1v) is 10.0. The summed E-state index contributed by atoms with van der Waals surface area (Å²) in [6, 6.07) is 9.04. The normalized spacial score (nSPS) is 23.7. The van der Waals surface area contributed by atoms with Crippen molar-refractivity contribution in [2.75, 3.05) is 0 Å². The van der Waals surface area contributed by atoms with Crippen molar-refractivity contribution in [1.82, 2.24) is 35.5 Å². The van der Waals surface area contributed by atoms with Crippen LogP contribution in [0, 0.1) is 0 Å². The second-order valence-corrected chi connectivity index (χ2v) is 8.08. The molecule has 3 aromatic heterocycles. The van der Waals surface area contributed by atoms with E-state index >= 15 is 0 Å². The van der Waals surface area contributed by atoms with Gasteiger partial charge >= 0.3 is 0 Å². The van der Waals surface area contributed by atoms with Crippen molar-refractivity contribution >= 4 is 11.0 Å². The van der Waals surface area contributed by atoms with Crippen LogP contribution in [-0.2, 0) is 0 Å². The van der Waals surface area contributed by atoms with Gasteiger partial charge in [-0.2, -0.15) is 10.2 Å². The minimum Gasteiger partial charge on any atom is -0.507 e. The molecular weight excluding hydrogens is 366 g/mol. The third-order valence-corrected chi connectivity index (χ3v) is 6.24. The SMILES string of the molecule is Oc1cc(-c2cn[nH]c2)ccc1-c1cc2cnn(C3C[C@H]4CC[C@@H](C3)N4)c2nn1. The molecule has 29 heavy (non-hydrogen) atoms. The van der Waals surface area contributed by atoms with Crippen LogP contribution in [0.3, 0.4) is 0 Å². The zero-order valence-corrected chi connectivity index (χ0v) is 15.8. The van der Waals surface area contributed by atoms with Crippen LogP contribution < -0.4 is 5.32 Å². The number of phenols is 1. The number of hydrogen-bond acceptors (Lipinski definition) is 6. The van der Waals surface area contributed by atoms with Gasteiger partial charge in [-0.25, -0.2) is 4.68 Å². The molecular formula is C21H21N7O. The Morgan fingerprint density at radius 1 is 1.00 bits per heavy atom. The summed E-state index contributed by atoms with van der Waals surface area (Å²) in [5, 5.41) is 35.4. The molecule has 146 valence electrons. The third-order valence-electron chi connectivity index (χ3n) is 6.24. The maximum Gasteiger partial charge on any atom is 0.180 e. The number of nitrogens with one attached hydrogen (secondary N) is 2. The van der Waals surface area contributed by atoms with Gasteiger partial charge in [0, 0.05) is 34.8 Å². The first kappa shape index (κ1) is 16.7. The lowest BCUT2D eigenvalue weighted by Gasteiger charge is -2.29. The van der Waals surface area contributed by atoms with E-state index in [1.54, 1.807) is 18.5 Å². The van der Waals surface area contributed by atoms with Gasteiger partial charge in [0.2, 0.25) is 0 Å². The monoisotopic (exact) mass is 387 g/mol. The Morgan fingerprint density at radius 2 is 1.86 bits per heavy atom. The summed E-state index contributed by atoms with van der Waals surface area (Å²) in [7, 11) is 0. The highest BCUT2D eigenvalue weighted by atomic mass is 16.3. The standard InChI is InChI=1S/C21H21N7O/c29-20-6-12(14-9-22-23-10-14)1-4-18(20)19-5-13-11-24-28(21(13)27-26-19)17-7-15-2-3-16(8-17)25-15/h1,4-6,9-11,15-17,25,29H,2-3,7-8H2,(H,22,23)/t15-,16+,17?. The van der Waals surface area contributed by atoms with Crippen LogP contribution in [0.1, 0.15) is 31.7 Å². The molecule has 4 aromatic rings. The van der Waals surface area contributed by atoms with Crippen LogP contribution in [0.25, 0.3) is 33.4 Å². The summed E-state index contributed by atoms with van der Waals surface area (Å²) in [5.41, 5.74) is 3.92. The highest BCUT2D eigenvalue weighted by Crippen LogP contribution is 2.36. The van der Waals surface area contributed by atoms with Crippen LogP contribution >= 0.6 is 0 Å². The summed E-state index contributed by atoms with van der Waals surface area (Å²) in [5.74, 6) is 0.166. The van der Waals surface area contributed by atoms with Crippen LogP contribution in [0.5, 0.6) is 5.75 Å². The molecule has 3 N–H and O–H groups in total. The third kappa shape index (κ3) is 2.79. The number of fused-ring (bicyclic) bond motifs is 3. The van der Waals surface area contributed by atoms with Gasteiger partial charge in [-0.1, -0.05) is 6.07 Å². The number of phenolic OH excluding ortho intramolecular Hbond substituents is 1. The second-order valence-electron chi connectivity index (χ2n) is 8.08. The van der Waals surface area contributed by atoms with Gasteiger partial charge in [-0.3, -0.25) is 5.10 Å². The van der Waals surface area contributed by atoms with Gasteiger partial charge in [-0.05, 0) is 49.4 Å². The zero-order chi connectivity index (χ0) is 19.4. The fourth-order valence-corrected chi connectivity index (χ4v) is 4.81. The average molecular weight is 387 g/mol. The quantitative estimate of drug-likeness (QED) is 0.499. The van der Waals surface area contributed by atoms with Crippen molar-refractivity contribution in [2.24, 2.45) is 0 Å². The highest BCUT2D eigenvalue weighted by Gasteiger charge is 2.35. The highest BCUT2D eigenvalue weighted by molar-refractivity contribution is 5.81. The Bertz CT molecular complexity index is 1170. The van der Waals surface area contributed by atoms with Gasteiger partial charge in [0.1, 0.15) is 5.75 Å². The molecule has 0 spiro atoms. The second kappa shape index (κ2) is 6.38. The molecule has 0 radical (unpaired) electrons. The Labute approximate surface area is 167 Å². The van der Waals surface area contributed by atoms with Gasteiger partial charge in [0.25, 0.3) is 0 Å². The van der Waals surface area contributed by atoms with Crippen molar-refractivity contribution in [1.29, 1.82) is 0 Å². The van der Waals surface area contributed by atoms with E-state index in [9.17, 15) is 5.11 Å². The van der Waals surface area contributed by atoms with E-state index in [0.717, 1.165) is 35.0 Å². The number of piperidine rings is 1. The summed E-state index contributed by atoms with van der Waals surface area (Å²) >= 11 is 0. The van der Waals surface area contributed by atoms with Crippen LogP contribution in [-0.4, -0.2) is 47.4 Å². The summed E-state index contributed by atoms with van der Waals surface area (Å²) in [6.07, 6.45) is 10.1. The van der Waals surface area contributed by atoms with E-state index in [4.69, 9.17) is 0 Å². The van der Waals surface area contributed by atoms with E-state index in [-0.39, 0.29) is 5.75 Å². The Hall–Kier alpha value is -3.26. The molecule has 0 aliphatic carbocycles. The number of nitrogens with zero attached hydrogens (tertiary/aromatic N) is 5. The van der Waals surface area contributed by atoms with Crippen molar-refractivity contribution < 1.29 is 5.11 Å². The molecule has 2 saturated heterocycles. The fourth-order valence-electron chi connectivity index (χ4n) is 4.81. The lowest BCUT2D eigenvalue weighted by Crippen LogP contribution is -2.39. The Kier molecular flexibility index (Phi) is 3.67. The number of benzene rings is 1. The summed E-state index contributed by atoms with van der Waals surface area (Å²) in [4.78, 5) is 0. The summed E-state index contributed by atoms with van der Waals surface area (Å²) in [6.45, 7) is 0. The molecule has 6 rings (SSSR count). The van der Waals surface area contributed by atoms with E-state index in [1.165, 1.54) is 12.8 Å². The molecule has 8 heteroatoms. The summed E-state index contributed by atoms with van der Waals surface area (Å²) < 4.78 is 2.04. The smallest absolute Gasteiger partial charge is 0.180 e. The maximum absolute atomic E-state index is 10.6. The Balaban J connectivity index is 1.34. The number of aromatic nitrogens is 6. The number of rotatable bonds is 3. The molecule has 2 aliphatic rings. The minimum absolute atomic E-state index is 0.166. The van der Waals surface area contributed by atoms with E-state index in [1.807, 2.05) is 29.1 Å². The first-order valence-electron chi connectivity index (χ1n) is 10.0. The average Bonchev–Trinajstić information content (AvgIpc) is 3.47. The minimum atomic E-state index is 0.166. The van der Waals surface area contributed by atoms with Gasteiger partial charge in [0.05, 0.1) is 24.1 Å². The number of aromatic hydroxyl groups is 1. The molecule has 8 nitrogen and oxygen atoms in total. The molecule has 1 aromatic carbocycles. The van der Waals surface area contributed by atoms with Crippen LogP contribution in [0.15, 0.2) is 42.9 Å². The van der Waals surface area contributed by atoms with Gasteiger partial charge in [0.15, 0.2) is 5.65 Å². The van der Waals surface area contributed by atoms with Crippen LogP contribution in [0.4, 0.5) is 0 Å². The van der Waals surface area contributed by atoms with E-state index in [0.29, 0.717) is 29.4 Å². The fraction of sp³-hybridized carbons (Fsp3) is 0.333. The molecule has 1 unspecified atom stereocenters. The van der Waals surface area contributed by atoms with Crippen molar-refractivity contribution in [2.45, 2.75) is 43.8 Å². The molecule has 0 amide bonds. The molecule has 2 fully saturated rings. The largest absolute Gasteiger partial charge is 0.507 e. The molecule has 3 atom stereocenters. The molecule has 0 saturated carbocycles. The van der Waals surface area contributed by atoms with Gasteiger partial charge < -0.3 is 10.4 Å². The number of H-pyrrole nitrogens is 1. The molecule has 2 aliphatic heterocycles. The Morgan fingerprint density at radius 3 is 2.62 bits per heavy atom. The van der Waals surface area contributed by atoms with E-state index in [2.05, 4.69) is 30.8 Å². The predicted octanol–water partition coefficient (Wildman–Crippen LogP) is 3.04. The van der Waals surface area contributed by atoms with Crippen molar-refractivity contribution in [3.63, 3.8) is 0 Å². The lowest BCUT2D eigenvalue weighted by molar-refractivity contribution is 0.286. The first-order chi connectivity index (χ1) is 14.2. The predicted molar refractivity (Wildman–Crippen MR) is 108 cm³/mol. The lowest BCUT2D eigenvalue weighted by atomic mass is 10.00. The van der Waals surface area contributed by atoms with E-state index < -0.39 is 0 Å². The van der Waals surface area contributed by atoms with Crippen LogP contribution in [0.2, 0.25) is 0 Å². The zero-order valence-electron chi connectivity index (χ0n) is 15.8. The molecule has 5 heterocycles. The maximum atomic E-state index is 10.6. The van der Waals surface area contributed by atoms with Crippen molar-refractivity contribution in [3.8, 4) is 28.1 Å². The number of aromatic amines is 1. The van der Waals surface area contributed by atoms with Gasteiger partial charge in [-0.15, -0.1) is 10.2 Å². The molecule has 2 bridgehead atoms. The number of hydrogen-bond donors (Lipinski definition) is 3.